The number of hydrogen-bond donors (Lipinski definition) is 1. The fourth-order valence-electron chi connectivity index (χ4n) is 1.44. The van der Waals surface area contributed by atoms with Gasteiger partial charge in [-0.3, -0.25) is 0 Å². The van der Waals surface area contributed by atoms with Gasteiger partial charge in [-0.05, 0) is 37.0 Å². The summed E-state index contributed by atoms with van der Waals surface area (Å²) >= 11 is 6.11. The average molecular weight is 213 g/mol. The van der Waals surface area contributed by atoms with Gasteiger partial charge in [0.2, 0.25) is 0 Å². The Labute approximate surface area is 90.7 Å². The first-order valence-corrected chi connectivity index (χ1v) is 5.58. The molecule has 0 aliphatic heterocycles. The molecule has 0 aromatic heterocycles. The molecule has 0 saturated carbocycles. The molecule has 0 fully saturated rings. The van der Waals surface area contributed by atoms with Crippen molar-refractivity contribution in [3.05, 3.63) is 29.8 Å². The van der Waals surface area contributed by atoms with Crippen LogP contribution in [0.3, 0.4) is 0 Å². The number of benzene rings is 1. The average Bonchev–Trinajstić information content (AvgIpc) is 2.17. The molecule has 14 heavy (non-hydrogen) atoms. The van der Waals surface area contributed by atoms with E-state index in [0.29, 0.717) is 5.75 Å². The molecular formula is C12H17ClO. The Morgan fingerprint density at radius 2 is 1.86 bits per heavy atom. The third-order valence-corrected chi connectivity index (χ3v) is 2.72. The molecule has 1 atom stereocenters. The molecule has 1 rings (SSSR count). The van der Waals surface area contributed by atoms with Crippen LogP contribution in [0.5, 0.6) is 5.75 Å². The number of rotatable bonds is 5. The molecule has 0 heterocycles. The zero-order chi connectivity index (χ0) is 10.4. The number of phenolic OH excluding ortho intramolecular Hbond substituents is 1. The van der Waals surface area contributed by atoms with Crippen LogP contribution in [0, 0.1) is 0 Å². The van der Waals surface area contributed by atoms with Crippen LogP contribution in [0.4, 0.5) is 0 Å². The molecule has 2 heteroatoms. The molecule has 1 aromatic carbocycles. The predicted octanol–water partition coefficient (Wildman–Crippen LogP) is 3.73. The minimum absolute atomic E-state index is 0.286. The molecule has 1 nitrogen and oxygen atoms in total. The van der Waals surface area contributed by atoms with Crippen molar-refractivity contribution in [3.63, 3.8) is 0 Å². The van der Waals surface area contributed by atoms with Gasteiger partial charge in [-0.2, -0.15) is 0 Å². The molecule has 0 amide bonds. The van der Waals surface area contributed by atoms with Gasteiger partial charge in [0.15, 0.2) is 0 Å². The second-order valence-electron chi connectivity index (χ2n) is 3.59. The van der Waals surface area contributed by atoms with E-state index in [-0.39, 0.29) is 5.38 Å². The van der Waals surface area contributed by atoms with Crippen LogP contribution in [0.2, 0.25) is 0 Å². The molecule has 0 bridgehead atoms. The van der Waals surface area contributed by atoms with Crippen molar-refractivity contribution in [3.8, 4) is 5.75 Å². The summed E-state index contributed by atoms with van der Waals surface area (Å²) in [6, 6.07) is 7.34. The number of halogens is 1. The molecule has 1 aromatic rings. The Morgan fingerprint density at radius 3 is 2.43 bits per heavy atom. The number of phenols is 1. The van der Waals surface area contributed by atoms with Gasteiger partial charge < -0.3 is 5.11 Å². The van der Waals surface area contributed by atoms with E-state index < -0.39 is 0 Å². The summed E-state index contributed by atoms with van der Waals surface area (Å²) < 4.78 is 0. The lowest BCUT2D eigenvalue weighted by atomic mass is 10.1. The zero-order valence-corrected chi connectivity index (χ0v) is 9.30. The van der Waals surface area contributed by atoms with Crippen molar-refractivity contribution in [2.24, 2.45) is 0 Å². The van der Waals surface area contributed by atoms with Crippen LogP contribution < -0.4 is 0 Å². The predicted molar refractivity (Wildman–Crippen MR) is 61.0 cm³/mol. The monoisotopic (exact) mass is 212 g/mol. The Balaban J connectivity index is 2.34. The van der Waals surface area contributed by atoms with Crippen molar-refractivity contribution in [1.82, 2.24) is 0 Å². The highest BCUT2D eigenvalue weighted by Crippen LogP contribution is 2.15. The highest BCUT2D eigenvalue weighted by Gasteiger charge is 2.03. The fourth-order valence-corrected chi connectivity index (χ4v) is 1.77. The molecule has 0 aliphatic carbocycles. The van der Waals surface area contributed by atoms with Crippen LogP contribution >= 0.6 is 11.6 Å². The molecule has 0 saturated heterocycles. The van der Waals surface area contributed by atoms with Gasteiger partial charge in [-0.1, -0.05) is 25.5 Å². The van der Waals surface area contributed by atoms with E-state index >= 15 is 0 Å². The normalized spacial score (nSPS) is 12.7. The smallest absolute Gasteiger partial charge is 0.115 e. The van der Waals surface area contributed by atoms with Crippen LogP contribution in [0.1, 0.15) is 31.7 Å². The molecule has 0 spiro atoms. The van der Waals surface area contributed by atoms with E-state index in [1.807, 2.05) is 12.1 Å². The maximum absolute atomic E-state index is 9.09. The number of aryl methyl sites for hydroxylation is 1. The van der Waals surface area contributed by atoms with Gasteiger partial charge in [0, 0.05) is 5.38 Å². The van der Waals surface area contributed by atoms with Crippen LogP contribution in [-0.2, 0) is 6.42 Å². The summed E-state index contributed by atoms with van der Waals surface area (Å²) in [7, 11) is 0. The van der Waals surface area contributed by atoms with Crippen LogP contribution in [-0.4, -0.2) is 10.5 Å². The third-order valence-electron chi connectivity index (χ3n) is 2.28. The first kappa shape index (κ1) is 11.4. The quantitative estimate of drug-likeness (QED) is 0.738. The van der Waals surface area contributed by atoms with Crippen LogP contribution in [0.15, 0.2) is 24.3 Å². The van der Waals surface area contributed by atoms with Crippen molar-refractivity contribution >= 4 is 11.6 Å². The lowest BCUT2D eigenvalue weighted by Crippen LogP contribution is -1.99. The number of hydrogen-bond acceptors (Lipinski definition) is 1. The van der Waals surface area contributed by atoms with Gasteiger partial charge >= 0.3 is 0 Å². The largest absolute Gasteiger partial charge is 0.508 e. The standard InChI is InChI=1S/C12H17ClO/c1-2-3-11(13)7-4-10-5-8-12(14)9-6-10/h5-6,8-9,11,14H,2-4,7H2,1H3. The summed E-state index contributed by atoms with van der Waals surface area (Å²) in [6.07, 6.45) is 4.23. The van der Waals surface area contributed by atoms with Crippen molar-refractivity contribution < 1.29 is 5.11 Å². The molecule has 0 aliphatic rings. The third kappa shape index (κ3) is 4.01. The van der Waals surface area contributed by atoms with E-state index in [9.17, 15) is 0 Å². The van der Waals surface area contributed by atoms with Gasteiger partial charge in [0.05, 0.1) is 0 Å². The summed E-state index contributed by atoms with van der Waals surface area (Å²) in [5.74, 6) is 0.324. The number of alkyl halides is 1. The Bertz CT molecular complexity index is 256. The maximum atomic E-state index is 9.09. The Kier molecular flexibility index (Phi) is 4.81. The van der Waals surface area contributed by atoms with Gasteiger partial charge in [-0.25, -0.2) is 0 Å². The molecule has 1 N–H and O–H groups in total. The summed E-state index contributed by atoms with van der Waals surface area (Å²) in [4.78, 5) is 0. The topological polar surface area (TPSA) is 20.2 Å². The number of aromatic hydroxyl groups is 1. The van der Waals surface area contributed by atoms with E-state index in [1.54, 1.807) is 12.1 Å². The molecule has 78 valence electrons. The lowest BCUT2D eigenvalue weighted by molar-refractivity contribution is 0.475. The second kappa shape index (κ2) is 5.92. The second-order valence-corrected chi connectivity index (χ2v) is 4.21. The van der Waals surface area contributed by atoms with Gasteiger partial charge in [-0.15, -0.1) is 11.6 Å². The highest BCUT2D eigenvalue weighted by atomic mass is 35.5. The van der Waals surface area contributed by atoms with E-state index in [1.165, 1.54) is 5.56 Å². The summed E-state index contributed by atoms with van der Waals surface area (Å²) in [5, 5.41) is 9.38. The van der Waals surface area contributed by atoms with Crippen LogP contribution in [0.25, 0.3) is 0 Å². The summed E-state index contributed by atoms with van der Waals surface area (Å²) in [6.45, 7) is 2.15. The van der Waals surface area contributed by atoms with Crippen molar-refractivity contribution in [2.45, 2.75) is 38.0 Å². The summed E-state index contributed by atoms with van der Waals surface area (Å²) in [5.41, 5.74) is 1.24. The maximum Gasteiger partial charge on any atom is 0.115 e. The van der Waals surface area contributed by atoms with E-state index in [0.717, 1.165) is 25.7 Å². The van der Waals surface area contributed by atoms with Crippen molar-refractivity contribution in [1.29, 1.82) is 0 Å². The van der Waals surface area contributed by atoms with E-state index in [4.69, 9.17) is 16.7 Å². The first-order valence-electron chi connectivity index (χ1n) is 5.14. The first-order chi connectivity index (χ1) is 6.72. The minimum Gasteiger partial charge on any atom is -0.508 e. The van der Waals surface area contributed by atoms with Gasteiger partial charge in [0.1, 0.15) is 5.75 Å². The molecular weight excluding hydrogens is 196 g/mol. The zero-order valence-electron chi connectivity index (χ0n) is 8.54. The SMILES string of the molecule is CCCC(Cl)CCc1ccc(O)cc1. The van der Waals surface area contributed by atoms with Crippen molar-refractivity contribution in [2.75, 3.05) is 0 Å². The van der Waals surface area contributed by atoms with E-state index in [2.05, 4.69) is 6.92 Å². The minimum atomic E-state index is 0.286. The molecule has 0 radical (unpaired) electrons. The highest BCUT2D eigenvalue weighted by molar-refractivity contribution is 6.20. The Morgan fingerprint density at radius 1 is 1.21 bits per heavy atom. The molecule has 1 unspecified atom stereocenters. The fraction of sp³-hybridized carbons (Fsp3) is 0.500. The lowest BCUT2D eigenvalue weighted by Gasteiger charge is -2.07. The Hall–Kier alpha value is -0.690. The van der Waals surface area contributed by atoms with Gasteiger partial charge in [0.25, 0.3) is 0 Å².